The highest BCUT2D eigenvalue weighted by Crippen LogP contribution is 2.26. The van der Waals surface area contributed by atoms with Crippen molar-refractivity contribution < 1.29 is 9.90 Å². The first-order chi connectivity index (χ1) is 8.16. The summed E-state index contributed by atoms with van der Waals surface area (Å²) in [6, 6.07) is 4.38. The fraction of sp³-hybridized carbons (Fsp3) is 0. The van der Waals surface area contributed by atoms with Gasteiger partial charge in [0.25, 0.3) is 5.91 Å². The van der Waals surface area contributed by atoms with E-state index >= 15 is 0 Å². The molecule has 17 heavy (non-hydrogen) atoms. The third-order valence-electron chi connectivity index (χ3n) is 2.00. The monoisotopic (exact) mass is 249 g/mol. The van der Waals surface area contributed by atoms with Crippen molar-refractivity contribution in [2.45, 2.75) is 0 Å². The number of phenolic OH excluding ortho intramolecular Hbond substituents is 1. The average molecular weight is 250 g/mol. The molecule has 0 unspecified atom stereocenters. The highest BCUT2D eigenvalue weighted by atomic mass is 35.5. The first kappa shape index (κ1) is 11.3. The lowest BCUT2D eigenvalue weighted by molar-refractivity contribution is 0.102. The molecule has 1 aromatic heterocycles. The first-order valence-electron chi connectivity index (χ1n) is 4.72. The number of aromatic hydroxyl groups is 1. The molecule has 0 fully saturated rings. The number of rotatable bonds is 2. The Morgan fingerprint density at radius 3 is 2.82 bits per heavy atom. The molecule has 1 amide bonds. The van der Waals surface area contributed by atoms with Crippen molar-refractivity contribution in [1.29, 1.82) is 0 Å². The maximum Gasteiger partial charge on any atom is 0.275 e. The van der Waals surface area contributed by atoms with Gasteiger partial charge in [-0.05, 0) is 18.2 Å². The van der Waals surface area contributed by atoms with E-state index in [1.807, 2.05) is 0 Å². The van der Waals surface area contributed by atoms with E-state index in [0.717, 1.165) is 0 Å². The van der Waals surface area contributed by atoms with Crippen LogP contribution in [0.2, 0.25) is 5.02 Å². The van der Waals surface area contributed by atoms with Crippen molar-refractivity contribution in [2.24, 2.45) is 0 Å². The van der Waals surface area contributed by atoms with Crippen LogP contribution in [-0.2, 0) is 0 Å². The van der Waals surface area contributed by atoms with Gasteiger partial charge in [-0.3, -0.25) is 9.78 Å². The highest BCUT2D eigenvalue weighted by Gasteiger charge is 2.08. The van der Waals surface area contributed by atoms with Crippen molar-refractivity contribution in [3.63, 3.8) is 0 Å². The second-order valence-corrected chi connectivity index (χ2v) is 3.62. The molecule has 0 saturated heterocycles. The molecule has 0 bridgehead atoms. The number of aromatic nitrogens is 2. The standard InChI is InChI=1S/C11H8ClN3O2/c12-8-5-7(1-2-10(8)16)15-11(17)9-6-13-3-4-14-9/h1-6,16H,(H,15,17). The minimum Gasteiger partial charge on any atom is -0.506 e. The van der Waals surface area contributed by atoms with Gasteiger partial charge in [-0.15, -0.1) is 0 Å². The summed E-state index contributed by atoms with van der Waals surface area (Å²) in [6.07, 6.45) is 4.27. The number of benzene rings is 1. The highest BCUT2D eigenvalue weighted by molar-refractivity contribution is 6.32. The maximum atomic E-state index is 11.7. The molecular weight excluding hydrogens is 242 g/mol. The Bertz CT molecular complexity index is 546. The van der Waals surface area contributed by atoms with Gasteiger partial charge in [0.05, 0.1) is 11.2 Å². The second-order valence-electron chi connectivity index (χ2n) is 3.21. The molecular formula is C11H8ClN3O2. The lowest BCUT2D eigenvalue weighted by Crippen LogP contribution is -2.13. The summed E-state index contributed by atoms with van der Waals surface area (Å²) >= 11 is 5.71. The Labute approximate surface area is 102 Å². The minimum atomic E-state index is -0.389. The van der Waals surface area contributed by atoms with E-state index in [-0.39, 0.29) is 22.4 Å². The number of anilines is 1. The number of nitrogens with zero attached hydrogens (tertiary/aromatic N) is 2. The van der Waals surface area contributed by atoms with Gasteiger partial charge in [0.1, 0.15) is 11.4 Å². The Morgan fingerprint density at radius 2 is 2.18 bits per heavy atom. The lowest BCUT2D eigenvalue weighted by Gasteiger charge is -2.05. The molecule has 86 valence electrons. The summed E-state index contributed by atoms with van der Waals surface area (Å²) in [5, 5.41) is 12.0. The second kappa shape index (κ2) is 4.80. The maximum absolute atomic E-state index is 11.7. The number of phenols is 1. The zero-order valence-corrected chi connectivity index (χ0v) is 9.35. The van der Waals surface area contributed by atoms with Crippen LogP contribution in [0.5, 0.6) is 5.75 Å². The van der Waals surface area contributed by atoms with E-state index < -0.39 is 0 Å². The number of carbonyl (C=O) groups excluding carboxylic acids is 1. The molecule has 0 aliphatic heterocycles. The smallest absolute Gasteiger partial charge is 0.275 e. The van der Waals surface area contributed by atoms with Gasteiger partial charge in [0, 0.05) is 18.1 Å². The Balaban J connectivity index is 2.16. The number of carbonyl (C=O) groups is 1. The SMILES string of the molecule is O=C(Nc1ccc(O)c(Cl)c1)c1cnccn1. The van der Waals surface area contributed by atoms with Gasteiger partial charge >= 0.3 is 0 Å². The van der Waals surface area contributed by atoms with Crippen LogP contribution in [0, 0.1) is 0 Å². The molecule has 1 heterocycles. The molecule has 0 radical (unpaired) electrons. The van der Waals surface area contributed by atoms with Gasteiger partial charge in [0.2, 0.25) is 0 Å². The molecule has 0 aliphatic carbocycles. The normalized spacial score (nSPS) is 9.94. The Kier molecular flexibility index (Phi) is 3.20. The van der Waals surface area contributed by atoms with Crippen molar-refractivity contribution in [3.05, 3.63) is 47.5 Å². The van der Waals surface area contributed by atoms with Crippen LogP contribution in [0.1, 0.15) is 10.5 Å². The van der Waals surface area contributed by atoms with E-state index in [1.54, 1.807) is 0 Å². The van der Waals surface area contributed by atoms with Crippen LogP contribution in [0.15, 0.2) is 36.8 Å². The summed E-state index contributed by atoms with van der Waals surface area (Å²) < 4.78 is 0. The van der Waals surface area contributed by atoms with Gasteiger partial charge < -0.3 is 10.4 Å². The molecule has 5 nitrogen and oxygen atoms in total. The zero-order chi connectivity index (χ0) is 12.3. The fourth-order valence-corrected chi connectivity index (χ4v) is 1.38. The number of nitrogens with one attached hydrogen (secondary N) is 1. The summed E-state index contributed by atoms with van der Waals surface area (Å²) in [5.41, 5.74) is 0.681. The van der Waals surface area contributed by atoms with Crippen molar-refractivity contribution >= 4 is 23.2 Å². The number of hydrogen-bond acceptors (Lipinski definition) is 4. The van der Waals surface area contributed by atoms with Crippen LogP contribution in [-0.4, -0.2) is 21.0 Å². The number of hydrogen-bond donors (Lipinski definition) is 2. The molecule has 0 aliphatic rings. The van der Waals surface area contributed by atoms with Crippen LogP contribution in [0.3, 0.4) is 0 Å². The molecule has 2 N–H and O–H groups in total. The van der Waals surface area contributed by atoms with Crippen LogP contribution in [0.4, 0.5) is 5.69 Å². The summed E-state index contributed by atoms with van der Waals surface area (Å²) in [4.78, 5) is 19.3. The molecule has 6 heteroatoms. The Morgan fingerprint density at radius 1 is 1.35 bits per heavy atom. The predicted molar refractivity (Wildman–Crippen MR) is 63.1 cm³/mol. The van der Waals surface area contributed by atoms with E-state index in [9.17, 15) is 9.90 Å². The lowest BCUT2D eigenvalue weighted by atomic mass is 10.3. The molecule has 1 aromatic carbocycles. The van der Waals surface area contributed by atoms with Crippen molar-refractivity contribution in [1.82, 2.24) is 9.97 Å². The van der Waals surface area contributed by atoms with Crippen LogP contribution >= 0.6 is 11.6 Å². The predicted octanol–water partition coefficient (Wildman–Crippen LogP) is 2.09. The topological polar surface area (TPSA) is 75.1 Å². The van der Waals surface area contributed by atoms with Gasteiger partial charge in [-0.2, -0.15) is 0 Å². The average Bonchev–Trinajstić information content (AvgIpc) is 2.35. The molecule has 0 saturated carbocycles. The summed E-state index contributed by atoms with van der Waals surface area (Å²) in [5.74, 6) is -0.427. The van der Waals surface area contributed by atoms with Gasteiger partial charge in [-0.1, -0.05) is 11.6 Å². The Hall–Kier alpha value is -2.14. The van der Waals surface area contributed by atoms with Crippen LogP contribution in [0.25, 0.3) is 0 Å². The van der Waals surface area contributed by atoms with Crippen molar-refractivity contribution in [2.75, 3.05) is 5.32 Å². The number of halogens is 1. The molecule has 0 atom stereocenters. The van der Waals surface area contributed by atoms with Crippen LogP contribution < -0.4 is 5.32 Å². The van der Waals surface area contributed by atoms with Gasteiger partial charge in [0.15, 0.2) is 0 Å². The third-order valence-corrected chi connectivity index (χ3v) is 2.30. The third kappa shape index (κ3) is 2.70. The van der Waals surface area contributed by atoms with E-state index in [1.165, 1.54) is 36.8 Å². The molecule has 2 rings (SSSR count). The number of amides is 1. The fourth-order valence-electron chi connectivity index (χ4n) is 1.20. The van der Waals surface area contributed by atoms with Gasteiger partial charge in [-0.25, -0.2) is 4.98 Å². The largest absolute Gasteiger partial charge is 0.506 e. The van der Waals surface area contributed by atoms with E-state index in [4.69, 9.17) is 11.6 Å². The minimum absolute atomic E-state index is 0.0378. The zero-order valence-electron chi connectivity index (χ0n) is 8.59. The molecule has 2 aromatic rings. The molecule has 0 spiro atoms. The summed E-state index contributed by atoms with van der Waals surface area (Å²) in [6.45, 7) is 0. The van der Waals surface area contributed by atoms with Crippen molar-refractivity contribution in [3.8, 4) is 5.75 Å². The van der Waals surface area contributed by atoms with E-state index in [0.29, 0.717) is 5.69 Å². The quantitative estimate of drug-likeness (QED) is 0.799. The summed E-state index contributed by atoms with van der Waals surface area (Å²) in [7, 11) is 0. The first-order valence-corrected chi connectivity index (χ1v) is 5.10. The van der Waals surface area contributed by atoms with E-state index in [2.05, 4.69) is 15.3 Å².